The first-order valence-electron chi connectivity index (χ1n) is 14.0. The number of hydrogen-bond donors (Lipinski definition) is 0. The lowest BCUT2D eigenvalue weighted by atomic mass is 9.48. The van der Waals surface area contributed by atoms with E-state index < -0.39 is 0 Å². The first-order valence-corrected chi connectivity index (χ1v) is 15.2. The fourth-order valence-corrected chi connectivity index (χ4v) is 9.03. The maximum absolute atomic E-state index is 13.4. The Bertz CT molecular complexity index is 1130. The molecule has 4 saturated carbocycles. The molecule has 0 spiro atoms. The lowest BCUT2D eigenvalue weighted by Crippen LogP contribution is -2.49. The minimum absolute atomic E-state index is 0.0735. The van der Waals surface area contributed by atoms with Crippen LogP contribution in [0.2, 0.25) is 0 Å². The van der Waals surface area contributed by atoms with Crippen molar-refractivity contribution in [2.75, 3.05) is 6.54 Å². The number of aromatic nitrogens is 2. The molecule has 6 heteroatoms. The van der Waals surface area contributed by atoms with Crippen molar-refractivity contribution in [3.8, 4) is 5.69 Å². The standard InChI is InChI=1S/C30H37N3OS2/c1-2-3-4-5-9-12-32-28(34)26(36-29(32)35)16-24-20-33(25-10-7-6-8-11-25)31-27(24)30-17-21-13-22(18-30)15-23(14-21)19-30/h6-8,10-11,16,20-23H,2-5,9,12-15,17-19H2,1H3/b26-16+. The van der Waals surface area contributed by atoms with Crippen LogP contribution in [0.3, 0.4) is 0 Å². The number of amides is 1. The normalized spacial score (nSPS) is 30.2. The van der Waals surface area contributed by atoms with Crippen LogP contribution in [0.15, 0.2) is 41.4 Å². The van der Waals surface area contributed by atoms with E-state index in [0.717, 1.165) is 53.3 Å². The zero-order chi connectivity index (χ0) is 24.7. The second-order valence-corrected chi connectivity index (χ2v) is 13.3. The Morgan fingerprint density at radius 2 is 1.69 bits per heavy atom. The van der Waals surface area contributed by atoms with Crippen molar-refractivity contribution >= 4 is 40.3 Å². The summed E-state index contributed by atoms with van der Waals surface area (Å²) in [5.74, 6) is 2.61. The number of thiocarbonyl (C=S) groups is 1. The van der Waals surface area contributed by atoms with Gasteiger partial charge in [0.25, 0.3) is 5.91 Å². The van der Waals surface area contributed by atoms with Crippen LogP contribution < -0.4 is 0 Å². The molecule has 2 heterocycles. The van der Waals surface area contributed by atoms with Crippen LogP contribution in [0.5, 0.6) is 0 Å². The molecule has 36 heavy (non-hydrogen) atoms. The molecule has 0 unspecified atom stereocenters. The predicted molar refractivity (Wildman–Crippen MR) is 152 cm³/mol. The molecule has 0 atom stereocenters. The van der Waals surface area contributed by atoms with Gasteiger partial charge in [0, 0.05) is 23.7 Å². The van der Waals surface area contributed by atoms with Gasteiger partial charge in [0.05, 0.1) is 16.3 Å². The van der Waals surface area contributed by atoms with Crippen LogP contribution in [0.25, 0.3) is 11.8 Å². The van der Waals surface area contributed by atoms with E-state index in [1.807, 2.05) is 15.6 Å². The number of nitrogens with zero attached hydrogens (tertiary/aromatic N) is 3. The third kappa shape index (κ3) is 4.60. The summed E-state index contributed by atoms with van der Waals surface area (Å²) in [6, 6.07) is 10.4. The second kappa shape index (κ2) is 10.1. The summed E-state index contributed by atoms with van der Waals surface area (Å²) in [5, 5.41) is 5.26. The average molecular weight is 520 g/mol. The van der Waals surface area contributed by atoms with Crippen LogP contribution in [-0.2, 0) is 10.2 Å². The molecule has 1 aromatic carbocycles. The molecule has 0 N–H and O–H groups in total. The van der Waals surface area contributed by atoms with Crippen LogP contribution in [-0.4, -0.2) is 31.5 Å². The highest BCUT2D eigenvalue weighted by molar-refractivity contribution is 8.26. The fourth-order valence-electron chi connectivity index (χ4n) is 7.73. The molecule has 5 aliphatic rings. The van der Waals surface area contributed by atoms with Crippen molar-refractivity contribution in [1.29, 1.82) is 0 Å². The Morgan fingerprint density at radius 3 is 2.36 bits per heavy atom. The van der Waals surface area contributed by atoms with E-state index >= 15 is 0 Å². The van der Waals surface area contributed by atoms with E-state index in [1.54, 1.807) is 0 Å². The topological polar surface area (TPSA) is 38.1 Å². The zero-order valence-corrected chi connectivity index (χ0v) is 23.0. The lowest BCUT2D eigenvalue weighted by molar-refractivity contribution is -0.122. The van der Waals surface area contributed by atoms with E-state index in [9.17, 15) is 4.79 Å². The van der Waals surface area contributed by atoms with E-state index in [4.69, 9.17) is 17.3 Å². The van der Waals surface area contributed by atoms with Crippen molar-refractivity contribution < 1.29 is 4.79 Å². The Kier molecular flexibility index (Phi) is 6.85. The van der Waals surface area contributed by atoms with Gasteiger partial charge in [0.15, 0.2) is 0 Å². The van der Waals surface area contributed by atoms with Gasteiger partial charge in [-0.15, -0.1) is 0 Å². The number of rotatable bonds is 9. The van der Waals surface area contributed by atoms with E-state index in [2.05, 4.69) is 43.5 Å². The quantitative estimate of drug-likeness (QED) is 0.195. The molecule has 1 saturated heterocycles. The second-order valence-electron chi connectivity index (χ2n) is 11.7. The highest BCUT2D eigenvalue weighted by atomic mass is 32.2. The molecule has 1 aliphatic heterocycles. The van der Waals surface area contributed by atoms with Gasteiger partial charge in [-0.1, -0.05) is 74.8 Å². The Balaban J connectivity index is 1.31. The van der Waals surface area contributed by atoms with E-state index in [1.165, 1.54) is 75.2 Å². The van der Waals surface area contributed by atoms with Gasteiger partial charge in [-0.05, 0) is 80.9 Å². The number of thioether (sulfide) groups is 1. The molecule has 1 amide bonds. The Morgan fingerprint density at radius 1 is 1.03 bits per heavy atom. The van der Waals surface area contributed by atoms with Crippen LogP contribution in [0.4, 0.5) is 0 Å². The minimum atomic E-state index is 0.0735. The van der Waals surface area contributed by atoms with Crippen molar-refractivity contribution in [1.82, 2.24) is 14.7 Å². The summed E-state index contributed by atoms with van der Waals surface area (Å²) < 4.78 is 2.74. The predicted octanol–water partition coefficient (Wildman–Crippen LogP) is 7.51. The highest BCUT2D eigenvalue weighted by Gasteiger charge is 2.53. The number of unbranched alkanes of at least 4 members (excludes halogenated alkanes) is 4. The van der Waals surface area contributed by atoms with Gasteiger partial charge in [-0.3, -0.25) is 9.69 Å². The molecule has 7 rings (SSSR count). The minimum Gasteiger partial charge on any atom is -0.293 e. The summed E-state index contributed by atoms with van der Waals surface area (Å²) in [5.41, 5.74) is 3.56. The smallest absolute Gasteiger partial charge is 0.266 e. The van der Waals surface area contributed by atoms with E-state index in [-0.39, 0.29) is 11.3 Å². The molecule has 2 aromatic rings. The van der Waals surface area contributed by atoms with E-state index in [0.29, 0.717) is 4.32 Å². The third-order valence-corrected chi connectivity index (χ3v) is 10.3. The zero-order valence-electron chi connectivity index (χ0n) is 21.3. The molecule has 5 fully saturated rings. The fraction of sp³-hybridized carbons (Fsp3) is 0.567. The Hall–Kier alpha value is -1.92. The molecular formula is C30H37N3OS2. The number of carbonyl (C=O) groups is 1. The van der Waals surface area contributed by atoms with Crippen molar-refractivity contribution in [3.05, 3.63) is 52.7 Å². The molecule has 4 nitrogen and oxygen atoms in total. The van der Waals surface area contributed by atoms with Gasteiger partial charge in [0.1, 0.15) is 4.32 Å². The van der Waals surface area contributed by atoms with Gasteiger partial charge in [-0.2, -0.15) is 5.10 Å². The van der Waals surface area contributed by atoms with Crippen molar-refractivity contribution in [2.24, 2.45) is 17.8 Å². The Labute approximate surface area is 224 Å². The largest absolute Gasteiger partial charge is 0.293 e. The molecule has 1 aromatic heterocycles. The maximum Gasteiger partial charge on any atom is 0.266 e. The van der Waals surface area contributed by atoms with Gasteiger partial charge < -0.3 is 0 Å². The van der Waals surface area contributed by atoms with Crippen LogP contribution >= 0.6 is 24.0 Å². The summed E-state index contributed by atoms with van der Waals surface area (Å²) in [4.78, 5) is 16.0. The summed E-state index contributed by atoms with van der Waals surface area (Å²) in [6.45, 7) is 2.96. The highest BCUT2D eigenvalue weighted by Crippen LogP contribution is 2.61. The van der Waals surface area contributed by atoms with Crippen LogP contribution in [0, 0.1) is 17.8 Å². The first-order chi connectivity index (χ1) is 17.5. The summed E-state index contributed by atoms with van der Waals surface area (Å²) >= 11 is 7.12. The average Bonchev–Trinajstić information content (AvgIpc) is 3.40. The summed E-state index contributed by atoms with van der Waals surface area (Å²) in [6.07, 6.45) is 18.1. The lowest BCUT2D eigenvalue weighted by Gasteiger charge is -2.56. The molecular weight excluding hydrogens is 482 g/mol. The third-order valence-electron chi connectivity index (χ3n) is 8.95. The number of hydrogen-bond acceptors (Lipinski definition) is 4. The number of benzene rings is 1. The molecule has 0 radical (unpaired) electrons. The van der Waals surface area contributed by atoms with Crippen molar-refractivity contribution in [2.45, 2.75) is 83.0 Å². The van der Waals surface area contributed by atoms with Gasteiger partial charge in [0.2, 0.25) is 0 Å². The number of para-hydroxylation sites is 1. The van der Waals surface area contributed by atoms with Crippen molar-refractivity contribution in [3.63, 3.8) is 0 Å². The number of carbonyl (C=O) groups excluding carboxylic acids is 1. The SMILES string of the molecule is CCCCCCCN1C(=O)/C(=C\c2cn(-c3ccccc3)nc2C23CC4CC(CC(C4)C2)C3)SC1=S. The molecule has 190 valence electrons. The monoisotopic (exact) mass is 519 g/mol. The van der Waals surface area contributed by atoms with Gasteiger partial charge in [-0.25, -0.2) is 4.68 Å². The maximum atomic E-state index is 13.4. The molecule has 4 bridgehead atoms. The van der Waals surface area contributed by atoms with Gasteiger partial charge >= 0.3 is 0 Å². The van der Waals surface area contributed by atoms with Crippen LogP contribution in [0.1, 0.15) is 88.8 Å². The summed E-state index contributed by atoms with van der Waals surface area (Å²) in [7, 11) is 0. The molecule has 4 aliphatic carbocycles. The first kappa shape index (κ1) is 24.4.